The highest BCUT2D eigenvalue weighted by molar-refractivity contribution is 6.37. The summed E-state index contributed by atoms with van der Waals surface area (Å²) in [5.74, 6) is 0.0971. The smallest absolute Gasteiger partial charge is 0.413 e. The zero-order valence-electron chi connectivity index (χ0n) is 17.3. The van der Waals surface area contributed by atoms with E-state index in [9.17, 15) is 4.79 Å². The van der Waals surface area contributed by atoms with Crippen LogP contribution in [0, 0.1) is 0 Å². The van der Waals surface area contributed by atoms with Gasteiger partial charge in [-0.25, -0.2) is 4.79 Å². The second-order valence-electron chi connectivity index (χ2n) is 8.25. The molecule has 0 bridgehead atoms. The summed E-state index contributed by atoms with van der Waals surface area (Å²) in [5, 5.41) is 12.1. The number of rotatable bonds is 4. The van der Waals surface area contributed by atoms with Crippen LogP contribution in [-0.4, -0.2) is 52.1 Å². The molecule has 10 heteroatoms. The zero-order valence-corrected chi connectivity index (χ0v) is 18.8. The molecule has 8 nitrogen and oxygen atoms in total. The van der Waals surface area contributed by atoms with E-state index in [1.165, 1.54) is 17.0 Å². The van der Waals surface area contributed by atoms with E-state index in [1.807, 2.05) is 6.92 Å². The molecule has 1 fully saturated rings. The Morgan fingerprint density at radius 2 is 1.90 bits per heavy atom. The number of ether oxygens (including phenoxy) is 3. The Balaban J connectivity index is 2.25. The van der Waals surface area contributed by atoms with E-state index in [2.05, 4.69) is 5.16 Å². The van der Waals surface area contributed by atoms with Crippen molar-refractivity contribution in [1.29, 1.82) is 0 Å². The minimum atomic E-state index is -0.876. The summed E-state index contributed by atoms with van der Waals surface area (Å²) in [6, 6.07) is 2.51. The van der Waals surface area contributed by atoms with Crippen LogP contribution in [0.3, 0.4) is 0 Å². The van der Waals surface area contributed by atoms with Crippen LogP contribution in [0.5, 0.6) is 5.75 Å². The lowest BCUT2D eigenvalue weighted by molar-refractivity contribution is -0.0760. The van der Waals surface area contributed by atoms with Gasteiger partial charge in [-0.1, -0.05) is 28.4 Å². The molecule has 1 heterocycles. The highest BCUT2D eigenvalue weighted by atomic mass is 35.5. The topological polar surface area (TPSA) is 107 Å². The van der Waals surface area contributed by atoms with Gasteiger partial charge in [0.25, 0.3) is 0 Å². The number of amides is 1. The lowest BCUT2D eigenvalue weighted by Crippen LogP contribution is -2.52. The Kier molecular flexibility index (Phi) is 6.82. The Morgan fingerprint density at radius 3 is 2.38 bits per heavy atom. The minimum Gasteiger partial charge on any atom is -0.488 e. The van der Waals surface area contributed by atoms with Crippen molar-refractivity contribution in [3.8, 4) is 5.75 Å². The molecule has 1 aliphatic rings. The number of nitrogens with two attached hydrogens (primary N) is 1. The van der Waals surface area contributed by atoms with E-state index >= 15 is 0 Å². The summed E-state index contributed by atoms with van der Waals surface area (Å²) < 4.78 is 17.3. The normalized spacial score (nSPS) is 21.9. The van der Waals surface area contributed by atoms with Gasteiger partial charge < -0.3 is 25.2 Å². The third-order valence-corrected chi connectivity index (χ3v) is 4.88. The number of carbonyl (C=O) groups is 1. The number of amidine groups is 1. The van der Waals surface area contributed by atoms with Gasteiger partial charge in [0, 0.05) is 5.56 Å². The molecule has 1 aliphatic heterocycles. The van der Waals surface area contributed by atoms with Gasteiger partial charge in [-0.15, -0.1) is 0 Å². The Hall–Kier alpha value is -1.90. The Labute approximate surface area is 180 Å². The number of oxime groups is 1. The molecular formula is C19H27Cl2N3O5. The van der Waals surface area contributed by atoms with Crippen molar-refractivity contribution in [3.63, 3.8) is 0 Å². The van der Waals surface area contributed by atoms with Gasteiger partial charge in [0.1, 0.15) is 17.9 Å². The number of nitrogens with zero attached hydrogens (tertiary/aromatic N) is 2. The first kappa shape index (κ1) is 23.4. The summed E-state index contributed by atoms with van der Waals surface area (Å²) >= 11 is 12.5. The molecule has 1 saturated heterocycles. The maximum Gasteiger partial charge on any atom is 0.413 e. The lowest BCUT2D eigenvalue weighted by atomic mass is 10.1. The molecule has 162 valence electrons. The molecule has 0 aliphatic carbocycles. The van der Waals surface area contributed by atoms with Gasteiger partial charge in [-0.2, -0.15) is 0 Å². The molecule has 0 saturated carbocycles. The lowest BCUT2D eigenvalue weighted by Gasteiger charge is -2.35. The fourth-order valence-corrected chi connectivity index (χ4v) is 3.74. The average molecular weight is 448 g/mol. The van der Waals surface area contributed by atoms with E-state index in [0.29, 0.717) is 5.56 Å². The van der Waals surface area contributed by atoms with Crippen LogP contribution in [0.25, 0.3) is 0 Å². The van der Waals surface area contributed by atoms with Crippen LogP contribution in [-0.2, 0) is 9.47 Å². The van der Waals surface area contributed by atoms with Crippen molar-refractivity contribution in [3.05, 3.63) is 27.7 Å². The van der Waals surface area contributed by atoms with Gasteiger partial charge in [-0.3, -0.25) is 4.90 Å². The SMILES string of the molecule is C[C@H]1OC(C)(C)N(C(=O)OC(C)(C)C)[C@H]1COc1c(Cl)cc(C(N)=NO)cc1Cl. The highest BCUT2D eigenvalue weighted by Crippen LogP contribution is 2.37. The monoisotopic (exact) mass is 447 g/mol. The van der Waals surface area contributed by atoms with E-state index in [4.69, 9.17) is 48.4 Å². The van der Waals surface area contributed by atoms with Gasteiger partial charge in [0.15, 0.2) is 11.6 Å². The number of hydrogen-bond acceptors (Lipinski definition) is 6. The summed E-state index contributed by atoms with van der Waals surface area (Å²) in [4.78, 5) is 14.3. The van der Waals surface area contributed by atoms with Crippen LogP contribution in [0.1, 0.15) is 47.1 Å². The maximum atomic E-state index is 12.8. The third kappa shape index (κ3) is 5.38. The third-order valence-electron chi connectivity index (χ3n) is 4.32. The second kappa shape index (κ2) is 8.45. The number of benzene rings is 1. The van der Waals surface area contributed by atoms with Crippen molar-refractivity contribution in [2.75, 3.05) is 6.61 Å². The molecule has 2 atom stereocenters. The average Bonchev–Trinajstić information content (AvgIpc) is 2.79. The van der Waals surface area contributed by atoms with Crippen LogP contribution in [0.15, 0.2) is 17.3 Å². The molecule has 1 aromatic rings. The van der Waals surface area contributed by atoms with Crippen molar-refractivity contribution in [2.24, 2.45) is 10.9 Å². The molecular weight excluding hydrogens is 421 g/mol. The minimum absolute atomic E-state index is 0.0756. The molecule has 1 amide bonds. The first-order valence-corrected chi connectivity index (χ1v) is 9.82. The van der Waals surface area contributed by atoms with Gasteiger partial charge in [0.2, 0.25) is 0 Å². The molecule has 2 rings (SSSR count). The zero-order chi connectivity index (χ0) is 22.1. The van der Waals surface area contributed by atoms with Crippen LogP contribution < -0.4 is 10.5 Å². The second-order valence-corrected chi connectivity index (χ2v) is 9.07. The Bertz CT molecular complexity index is 785. The molecule has 0 aromatic heterocycles. The van der Waals surface area contributed by atoms with Crippen molar-refractivity contribution in [1.82, 2.24) is 4.90 Å². The van der Waals surface area contributed by atoms with Crippen molar-refractivity contribution in [2.45, 2.75) is 65.0 Å². The predicted octanol–water partition coefficient (Wildman–Crippen LogP) is 4.23. The molecule has 3 N–H and O–H groups in total. The van der Waals surface area contributed by atoms with Gasteiger partial charge in [-0.05, 0) is 53.7 Å². The summed E-state index contributed by atoms with van der Waals surface area (Å²) in [6.07, 6.45) is -0.813. The van der Waals surface area contributed by atoms with Gasteiger partial charge >= 0.3 is 6.09 Å². The fraction of sp³-hybridized carbons (Fsp3) is 0.579. The van der Waals surface area contributed by atoms with Crippen molar-refractivity contribution >= 4 is 35.1 Å². The molecule has 1 aromatic carbocycles. The van der Waals surface area contributed by atoms with Crippen LogP contribution in [0.2, 0.25) is 10.0 Å². The summed E-state index contributed by atoms with van der Waals surface area (Å²) in [7, 11) is 0. The van der Waals surface area contributed by atoms with E-state index in [0.717, 1.165) is 0 Å². The largest absolute Gasteiger partial charge is 0.488 e. The quantitative estimate of drug-likeness (QED) is 0.309. The van der Waals surface area contributed by atoms with Crippen molar-refractivity contribution < 1.29 is 24.2 Å². The fourth-order valence-electron chi connectivity index (χ4n) is 3.15. The van der Waals surface area contributed by atoms with Crippen LogP contribution >= 0.6 is 23.2 Å². The predicted molar refractivity (Wildman–Crippen MR) is 111 cm³/mol. The summed E-state index contributed by atoms with van der Waals surface area (Å²) in [5.41, 5.74) is 4.40. The number of carbonyl (C=O) groups excluding carboxylic acids is 1. The molecule has 0 unspecified atom stereocenters. The van der Waals surface area contributed by atoms with Crippen LogP contribution in [0.4, 0.5) is 4.79 Å². The van der Waals surface area contributed by atoms with E-state index in [1.54, 1.807) is 34.6 Å². The van der Waals surface area contributed by atoms with Gasteiger partial charge in [0.05, 0.1) is 22.2 Å². The molecule has 29 heavy (non-hydrogen) atoms. The molecule has 0 radical (unpaired) electrons. The highest BCUT2D eigenvalue weighted by Gasteiger charge is 2.50. The first-order chi connectivity index (χ1) is 13.3. The molecule has 0 spiro atoms. The number of hydrogen-bond donors (Lipinski definition) is 2. The van der Waals surface area contributed by atoms with E-state index < -0.39 is 23.5 Å². The standard InChI is InChI=1S/C19H27Cl2N3O5/c1-10-14(24(19(5,6)28-10)17(25)29-18(2,3)4)9-27-15-12(20)7-11(8-13(15)21)16(22)23-26/h7-8,10,14,26H,9H2,1-6H3,(H2,22,23)/t10-,14+/m1/s1. The maximum absolute atomic E-state index is 12.8. The Morgan fingerprint density at radius 1 is 1.34 bits per heavy atom. The van der Waals surface area contributed by atoms with E-state index in [-0.39, 0.29) is 34.3 Å². The summed E-state index contributed by atoms with van der Waals surface area (Å²) in [6.45, 7) is 10.9. The first-order valence-electron chi connectivity index (χ1n) is 9.06. The number of halogens is 2.